The van der Waals surface area contributed by atoms with Crippen LogP contribution in [-0.2, 0) is 9.59 Å². The lowest BCUT2D eigenvalue weighted by atomic mass is 9.96. The highest BCUT2D eigenvalue weighted by Gasteiger charge is 2.43. The van der Waals surface area contributed by atoms with Crippen molar-refractivity contribution in [3.05, 3.63) is 29.3 Å². The topological polar surface area (TPSA) is 66.5 Å². The molecule has 1 aromatic carbocycles. The number of hydrogen-bond acceptors (Lipinski definition) is 4. The molecule has 2 rings (SSSR count). The van der Waals surface area contributed by atoms with E-state index in [1.807, 2.05) is 25.3 Å². The van der Waals surface area contributed by atoms with Crippen LogP contribution in [0.15, 0.2) is 23.1 Å². The number of carbonyl (C=O) groups is 3. The average molecular weight is 306 g/mol. The van der Waals surface area contributed by atoms with Crippen LogP contribution < -0.4 is 5.32 Å². The molecule has 1 aliphatic heterocycles. The Morgan fingerprint density at radius 3 is 2.62 bits per heavy atom. The van der Waals surface area contributed by atoms with E-state index in [4.69, 9.17) is 0 Å². The van der Waals surface area contributed by atoms with Crippen molar-refractivity contribution in [1.29, 1.82) is 0 Å². The molecule has 21 heavy (non-hydrogen) atoms. The number of piperazine rings is 1. The van der Waals surface area contributed by atoms with Gasteiger partial charge in [0.2, 0.25) is 5.91 Å². The van der Waals surface area contributed by atoms with Gasteiger partial charge in [0.05, 0.1) is 0 Å². The van der Waals surface area contributed by atoms with Crippen molar-refractivity contribution in [3.63, 3.8) is 0 Å². The van der Waals surface area contributed by atoms with E-state index in [1.54, 1.807) is 19.9 Å². The summed E-state index contributed by atoms with van der Waals surface area (Å²) < 4.78 is 0. The number of nitrogens with one attached hydrogen (secondary N) is 1. The van der Waals surface area contributed by atoms with Gasteiger partial charge in [0, 0.05) is 10.5 Å². The summed E-state index contributed by atoms with van der Waals surface area (Å²) in [7, 11) is 0. The van der Waals surface area contributed by atoms with E-state index in [0.29, 0.717) is 5.56 Å². The van der Waals surface area contributed by atoms with E-state index in [0.717, 1.165) is 10.5 Å². The van der Waals surface area contributed by atoms with Crippen LogP contribution in [0.4, 0.5) is 0 Å². The largest absolute Gasteiger partial charge is 0.315 e. The van der Waals surface area contributed by atoms with E-state index in [-0.39, 0.29) is 12.5 Å². The maximum atomic E-state index is 12.8. The van der Waals surface area contributed by atoms with Crippen LogP contribution in [-0.4, -0.2) is 41.0 Å². The fraction of sp³-hybridized carbons (Fsp3) is 0.400. The van der Waals surface area contributed by atoms with Gasteiger partial charge in [0.25, 0.3) is 11.8 Å². The van der Waals surface area contributed by atoms with Crippen molar-refractivity contribution in [2.45, 2.75) is 31.2 Å². The third kappa shape index (κ3) is 2.81. The number of rotatable bonds is 2. The molecule has 1 fully saturated rings. The minimum Gasteiger partial charge on any atom is -0.315 e. The SMILES string of the molecule is CSc1ccc(C)c(C(=O)N2CC(=O)NC(=O)C2(C)C)c1. The van der Waals surface area contributed by atoms with Crippen LogP contribution in [0.1, 0.15) is 29.8 Å². The molecule has 3 amide bonds. The quantitative estimate of drug-likeness (QED) is 0.666. The van der Waals surface area contributed by atoms with Gasteiger partial charge in [-0.05, 0) is 44.7 Å². The maximum absolute atomic E-state index is 12.8. The molecular weight excluding hydrogens is 288 g/mol. The molecule has 0 atom stereocenters. The lowest BCUT2D eigenvalue weighted by Gasteiger charge is -2.40. The van der Waals surface area contributed by atoms with Crippen LogP contribution in [0.3, 0.4) is 0 Å². The third-order valence-electron chi connectivity index (χ3n) is 3.71. The second-order valence-electron chi connectivity index (χ2n) is 5.51. The third-order valence-corrected chi connectivity index (χ3v) is 4.43. The van der Waals surface area contributed by atoms with Crippen molar-refractivity contribution in [2.24, 2.45) is 0 Å². The van der Waals surface area contributed by atoms with Crippen LogP contribution in [0.2, 0.25) is 0 Å². The molecule has 0 aromatic heterocycles. The highest BCUT2D eigenvalue weighted by molar-refractivity contribution is 7.98. The summed E-state index contributed by atoms with van der Waals surface area (Å²) in [5, 5.41) is 2.27. The summed E-state index contributed by atoms with van der Waals surface area (Å²) >= 11 is 1.54. The van der Waals surface area contributed by atoms with Crippen molar-refractivity contribution in [1.82, 2.24) is 10.2 Å². The Kier molecular flexibility index (Phi) is 4.09. The second-order valence-corrected chi connectivity index (χ2v) is 6.39. The van der Waals surface area contributed by atoms with E-state index < -0.39 is 17.4 Å². The number of hydrogen-bond donors (Lipinski definition) is 1. The van der Waals surface area contributed by atoms with E-state index in [9.17, 15) is 14.4 Å². The van der Waals surface area contributed by atoms with Crippen molar-refractivity contribution in [2.75, 3.05) is 12.8 Å². The Balaban J connectivity index is 2.43. The monoisotopic (exact) mass is 306 g/mol. The van der Waals surface area contributed by atoms with E-state index >= 15 is 0 Å². The molecule has 112 valence electrons. The van der Waals surface area contributed by atoms with E-state index in [2.05, 4.69) is 5.32 Å². The lowest BCUT2D eigenvalue weighted by molar-refractivity contribution is -0.143. The standard InChI is InChI=1S/C15H18N2O3S/c1-9-5-6-10(21-4)7-11(9)13(19)17-8-12(18)16-14(20)15(17,2)3/h5-7H,8H2,1-4H3,(H,16,18,20). The van der Waals surface area contributed by atoms with E-state index in [1.165, 1.54) is 16.7 Å². The smallest absolute Gasteiger partial charge is 0.255 e. The molecule has 1 N–H and O–H groups in total. The van der Waals surface area contributed by atoms with Crippen molar-refractivity contribution in [3.8, 4) is 0 Å². The van der Waals surface area contributed by atoms with Crippen LogP contribution in [0, 0.1) is 6.92 Å². The molecule has 0 spiro atoms. The first-order valence-electron chi connectivity index (χ1n) is 6.58. The fourth-order valence-corrected chi connectivity index (χ4v) is 2.65. The Bertz CT molecular complexity index is 625. The van der Waals surface area contributed by atoms with Crippen molar-refractivity contribution >= 4 is 29.5 Å². The number of imide groups is 1. The number of benzene rings is 1. The molecule has 1 aliphatic rings. The number of amides is 3. The highest BCUT2D eigenvalue weighted by Crippen LogP contribution is 2.25. The van der Waals surface area contributed by atoms with Gasteiger partial charge in [0.15, 0.2) is 0 Å². The summed E-state index contributed by atoms with van der Waals surface area (Å²) in [5.41, 5.74) is 0.303. The zero-order valence-corrected chi connectivity index (χ0v) is 13.3. The van der Waals surface area contributed by atoms with Crippen molar-refractivity contribution < 1.29 is 14.4 Å². The summed E-state index contributed by atoms with van der Waals surface area (Å²) in [5.74, 6) is -1.20. The minimum atomic E-state index is -1.05. The molecule has 1 saturated heterocycles. The van der Waals surface area contributed by atoms with Crippen LogP contribution >= 0.6 is 11.8 Å². The fourth-order valence-electron chi connectivity index (χ4n) is 2.21. The number of carbonyl (C=O) groups excluding carboxylic acids is 3. The zero-order chi connectivity index (χ0) is 15.8. The van der Waals surface area contributed by atoms with Gasteiger partial charge in [-0.3, -0.25) is 19.7 Å². The molecular formula is C15H18N2O3S. The molecule has 0 bridgehead atoms. The number of nitrogens with zero attached hydrogens (tertiary/aromatic N) is 1. The zero-order valence-electron chi connectivity index (χ0n) is 12.5. The molecule has 1 heterocycles. The summed E-state index contributed by atoms with van der Waals surface area (Å²) in [4.78, 5) is 38.6. The number of thioether (sulfide) groups is 1. The predicted molar refractivity (Wildman–Crippen MR) is 81.2 cm³/mol. The first kappa shape index (κ1) is 15.6. The first-order valence-corrected chi connectivity index (χ1v) is 7.80. The Hall–Kier alpha value is -1.82. The Labute approximate surface area is 128 Å². The molecule has 0 unspecified atom stereocenters. The molecule has 0 radical (unpaired) electrons. The lowest BCUT2D eigenvalue weighted by Crippen LogP contribution is -2.65. The van der Waals surface area contributed by atoms with Crippen LogP contribution in [0.25, 0.3) is 0 Å². The highest BCUT2D eigenvalue weighted by atomic mass is 32.2. The second kappa shape index (κ2) is 5.52. The first-order chi connectivity index (χ1) is 9.77. The minimum absolute atomic E-state index is 0.111. The number of aryl methyl sites for hydroxylation is 1. The molecule has 1 aromatic rings. The summed E-state index contributed by atoms with van der Waals surface area (Å²) in [6, 6.07) is 5.61. The van der Waals surface area contributed by atoms with Gasteiger partial charge >= 0.3 is 0 Å². The van der Waals surface area contributed by atoms with Gasteiger partial charge in [0.1, 0.15) is 12.1 Å². The van der Waals surface area contributed by atoms with Gasteiger partial charge < -0.3 is 4.90 Å². The summed E-state index contributed by atoms with van der Waals surface area (Å²) in [6.45, 7) is 5.01. The van der Waals surface area contributed by atoms with Gasteiger partial charge in [-0.2, -0.15) is 0 Å². The maximum Gasteiger partial charge on any atom is 0.255 e. The average Bonchev–Trinajstić information content (AvgIpc) is 2.43. The Morgan fingerprint density at radius 1 is 1.33 bits per heavy atom. The normalized spacial score (nSPS) is 17.6. The van der Waals surface area contributed by atoms with Crippen LogP contribution in [0.5, 0.6) is 0 Å². The predicted octanol–water partition coefficient (Wildman–Crippen LogP) is 1.59. The molecule has 0 saturated carbocycles. The van der Waals surface area contributed by atoms with Gasteiger partial charge in [-0.15, -0.1) is 11.8 Å². The van der Waals surface area contributed by atoms with Gasteiger partial charge in [-0.1, -0.05) is 6.07 Å². The Morgan fingerprint density at radius 2 is 2.00 bits per heavy atom. The molecule has 6 heteroatoms. The summed E-state index contributed by atoms with van der Waals surface area (Å²) in [6.07, 6.45) is 1.93. The molecule has 5 nitrogen and oxygen atoms in total. The van der Waals surface area contributed by atoms with Gasteiger partial charge in [-0.25, -0.2) is 0 Å². The molecule has 0 aliphatic carbocycles.